The summed E-state index contributed by atoms with van der Waals surface area (Å²) in [5.74, 6) is 0.310. The maximum Gasteiger partial charge on any atom is 0.224 e. The number of aliphatic hydroxyl groups is 1. The van der Waals surface area contributed by atoms with Crippen molar-refractivity contribution >= 4 is 5.91 Å². The number of rotatable bonds is 8. The molecule has 0 spiro atoms. The molecule has 5 nitrogen and oxygen atoms in total. The average Bonchev–Trinajstić information content (AvgIpc) is 2.39. The summed E-state index contributed by atoms with van der Waals surface area (Å²) in [6.07, 6.45) is 1.29. The van der Waals surface area contributed by atoms with Crippen LogP contribution in [-0.4, -0.2) is 41.9 Å². The number of nitrogens with zero attached hydrogens (tertiary/aromatic N) is 1. The van der Waals surface area contributed by atoms with E-state index < -0.39 is 6.10 Å². The van der Waals surface area contributed by atoms with Gasteiger partial charge in [-0.05, 0) is 24.5 Å². The van der Waals surface area contributed by atoms with Crippen LogP contribution in [0.5, 0.6) is 0 Å². The van der Waals surface area contributed by atoms with Crippen molar-refractivity contribution in [3.63, 3.8) is 0 Å². The Bertz CT molecular complexity index is 404. The van der Waals surface area contributed by atoms with E-state index in [0.717, 1.165) is 11.3 Å². The maximum atomic E-state index is 11.7. The summed E-state index contributed by atoms with van der Waals surface area (Å²) in [5, 5.41) is 12.3. The molecule has 0 aliphatic rings. The number of aryl methyl sites for hydroxylation is 1. The first kappa shape index (κ1) is 16.6. The average molecular weight is 280 g/mol. The predicted octanol–water partition coefficient (Wildman–Crippen LogP) is 1.08. The number of aromatic nitrogens is 1. The van der Waals surface area contributed by atoms with Crippen LogP contribution >= 0.6 is 0 Å². The van der Waals surface area contributed by atoms with Crippen LogP contribution < -0.4 is 5.32 Å². The third-order valence-corrected chi connectivity index (χ3v) is 2.63. The van der Waals surface area contributed by atoms with E-state index in [4.69, 9.17) is 4.74 Å². The number of aliphatic hydroxyl groups excluding tert-OH is 1. The second-order valence-electron chi connectivity index (χ2n) is 5.37. The first-order valence-electron chi connectivity index (χ1n) is 6.91. The molecule has 1 rings (SSSR count). The molecule has 0 bridgehead atoms. The highest BCUT2D eigenvalue weighted by molar-refractivity contribution is 5.78. The van der Waals surface area contributed by atoms with Crippen LogP contribution in [0.4, 0.5) is 0 Å². The van der Waals surface area contributed by atoms with E-state index in [-0.39, 0.29) is 25.5 Å². The van der Waals surface area contributed by atoms with Gasteiger partial charge in [-0.1, -0.05) is 19.9 Å². The molecule has 1 aromatic heterocycles. The van der Waals surface area contributed by atoms with Gasteiger partial charge in [-0.15, -0.1) is 0 Å². The molecule has 1 aromatic rings. The van der Waals surface area contributed by atoms with Crippen molar-refractivity contribution in [2.75, 3.05) is 19.8 Å². The molecule has 1 atom stereocenters. The number of hydrogen-bond acceptors (Lipinski definition) is 4. The third-order valence-electron chi connectivity index (χ3n) is 2.63. The van der Waals surface area contributed by atoms with Gasteiger partial charge in [-0.3, -0.25) is 9.78 Å². The zero-order valence-electron chi connectivity index (χ0n) is 12.4. The molecule has 0 aromatic carbocycles. The summed E-state index contributed by atoms with van der Waals surface area (Å²) in [5.41, 5.74) is 1.78. The van der Waals surface area contributed by atoms with Crippen molar-refractivity contribution in [2.45, 2.75) is 33.3 Å². The normalized spacial score (nSPS) is 12.4. The summed E-state index contributed by atoms with van der Waals surface area (Å²) < 4.78 is 5.31. The zero-order chi connectivity index (χ0) is 15.0. The van der Waals surface area contributed by atoms with Gasteiger partial charge in [0.05, 0.1) is 19.1 Å². The molecule has 0 saturated carbocycles. The Morgan fingerprint density at radius 1 is 1.40 bits per heavy atom. The maximum absolute atomic E-state index is 11.7. The summed E-state index contributed by atoms with van der Waals surface area (Å²) in [6, 6.07) is 3.75. The Morgan fingerprint density at radius 3 is 2.75 bits per heavy atom. The highest BCUT2D eigenvalue weighted by Crippen LogP contribution is 2.00. The monoisotopic (exact) mass is 280 g/mol. The van der Waals surface area contributed by atoms with Crippen molar-refractivity contribution in [1.29, 1.82) is 0 Å². The Hall–Kier alpha value is -1.46. The highest BCUT2D eigenvalue weighted by Gasteiger charge is 2.08. The van der Waals surface area contributed by atoms with E-state index in [1.165, 1.54) is 0 Å². The van der Waals surface area contributed by atoms with Crippen molar-refractivity contribution < 1.29 is 14.6 Å². The summed E-state index contributed by atoms with van der Waals surface area (Å²) in [7, 11) is 0. The predicted molar refractivity (Wildman–Crippen MR) is 77.4 cm³/mol. The van der Waals surface area contributed by atoms with E-state index in [0.29, 0.717) is 12.5 Å². The van der Waals surface area contributed by atoms with Crippen LogP contribution in [0.15, 0.2) is 18.3 Å². The molecule has 1 heterocycles. The van der Waals surface area contributed by atoms with E-state index in [2.05, 4.69) is 10.3 Å². The van der Waals surface area contributed by atoms with Crippen molar-refractivity contribution in [3.8, 4) is 0 Å². The fourth-order valence-corrected chi connectivity index (χ4v) is 1.58. The fraction of sp³-hybridized carbons (Fsp3) is 0.600. The Labute approximate surface area is 120 Å². The third kappa shape index (κ3) is 7.21. The number of nitrogens with one attached hydrogen (secondary N) is 1. The van der Waals surface area contributed by atoms with Crippen molar-refractivity contribution in [1.82, 2.24) is 10.3 Å². The first-order valence-corrected chi connectivity index (χ1v) is 6.91. The molecule has 0 saturated heterocycles. The number of hydrogen-bond donors (Lipinski definition) is 2. The topological polar surface area (TPSA) is 71.5 Å². The molecule has 2 N–H and O–H groups in total. The lowest BCUT2D eigenvalue weighted by atomic mass is 10.2. The molecular formula is C15H24N2O3. The minimum absolute atomic E-state index is 0.126. The molecule has 20 heavy (non-hydrogen) atoms. The van der Waals surface area contributed by atoms with Gasteiger partial charge in [0.2, 0.25) is 5.91 Å². The van der Waals surface area contributed by atoms with Crippen LogP contribution in [0.25, 0.3) is 0 Å². The molecule has 0 aliphatic carbocycles. The van der Waals surface area contributed by atoms with Gasteiger partial charge in [0.15, 0.2) is 0 Å². The van der Waals surface area contributed by atoms with E-state index in [9.17, 15) is 9.90 Å². The smallest absolute Gasteiger partial charge is 0.224 e. The van der Waals surface area contributed by atoms with Crippen molar-refractivity contribution in [2.24, 2.45) is 5.92 Å². The number of carbonyl (C=O) groups is 1. The van der Waals surface area contributed by atoms with Gasteiger partial charge in [-0.25, -0.2) is 0 Å². The first-order chi connectivity index (χ1) is 9.47. The van der Waals surface area contributed by atoms with Crippen molar-refractivity contribution in [3.05, 3.63) is 29.6 Å². The van der Waals surface area contributed by atoms with E-state index in [1.54, 1.807) is 6.20 Å². The lowest BCUT2D eigenvalue weighted by Crippen LogP contribution is -2.35. The number of carbonyl (C=O) groups excluding carboxylic acids is 1. The fourth-order valence-electron chi connectivity index (χ4n) is 1.58. The van der Waals surface area contributed by atoms with Gasteiger partial charge in [-0.2, -0.15) is 0 Å². The van der Waals surface area contributed by atoms with Crippen LogP contribution in [0.1, 0.15) is 25.1 Å². The molecule has 1 amide bonds. The van der Waals surface area contributed by atoms with Gasteiger partial charge in [0.25, 0.3) is 0 Å². The second-order valence-corrected chi connectivity index (χ2v) is 5.37. The van der Waals surface area contributed by atoms with Crippen LogP contribution in [0.2, 0.25) is 0 Å². The molecule has 0 radical (unpaired) electrons. The lowest BCUT2D eigenvalue weighted by molar-refractivity contribution is -0.121. The minimum atomic E-state index is -0.672. The summed E-state index contributed by atoms with van der Waals surface area (Å²) in [6.45, 7) is 7.05. The number of amides is 1. The van der Waals surface area contributed by atoms with Crippen LogP contribution in [-0.2, 0) is 16.0 Å². The van der Waals surface area contributed by atoms with Gasteiger partial charge < -0.3 is 15.2 Å². The van der Waals surface area contributed by atoms with Gasteiger partial charge >= 0.3 is 0 Å². The molecule has 5 heteroatoms. The van der Waals surface area contributed by atoms with Crippen LogP contribution in [0, 0.1) is 12.8 Å². The largest absolute Gasteiger partial charge is 0.389 e. The summed E-state index contributed by atoms with van der Waals surface area (Å²) in [4.78, 5) is 15.8. The molecular weight excluding hydrogens is 256 g/mol. The summed E-state index contributed by atoms with van der Waals surface area (Å²) >= 11 is 0. The van der Waals surface area contributed by atoms with Gasteiger partial charge in [0.1, 0.15) is 0 Å². The van der Waals surface area contributed by atoms with Crippen LogP contribution in [0.3, 0.4) is 0 Å². The Morgan fingerprint density at radius 2 is 2.15 bits per heavy atom. The quantitative estimate of drug-likeness (QED) is 0.747. The SMILES string of the molecule is Cc1ccc(CC(=O)NCC(O)COCC(C)C)cn1. The Balaban J connectivity index is 2.20. The molecule has 112 valence electrons. The minimum Gasteiger partial charge on any atom is -0.389 e. The molecule has 0 aliphatic heterocycles. The standard InChI is InChI=1S/C15H24N2O3/c1-11(2)9-20-10-14(18)8-17-15(19)6-13-5-4-12(3)16-7-13/h4-5,7,11,14,18H,6,8-10H2,1-3H3,(H,17,19). The lowest BCUT2D eigenvalue weighted by Gasteiger charge is -2.13. The Kier molecular flexibility index (Phi) is 7.18. The number of pyridine rings is 1. The number of ether oxygens (including phenoxy) is 1. The zero-order valence-corrected chi connectivity index (χ0v) is 12.4. The van der Waals surface area contributed by atoms with E-state index >= 15 is 0 Å². The van der Waals surface area contributed by atoms with Gasteiger partial charge in [0, 0.05) is 25.0 Å². The second kappa shape index (κ2) is 8.66. The molecule has 0 fully saturated rings. The molecule has 1 unspecified atom stereocenters. The van der Waals surface area contributed by atoms with E-state index in [1.807, 2.05) is 32.9 Å². The highest BCUT2D eigenvalue weighted by atomic mass is 16.5.